The van der Waals surface area contributed by atoms with Crippen molar-refractivity contribution in [3.05, 3.63) is 57.4 Å². The molecular weight excluding hydrogens is 352 g/mol. The van der Waals surface area contributed by atoms with Crippen molar-refractivity contribution in [3.63, 3.8) is 0 Å². The molecule has 3 aromatic heterocycles. The lowest BCUT2D eigenvalue weighted by atomic mass is 10.1. The minimum absolute atomic E-state index is 0.390. The van der Waals surface area contributed by atoms with Gasteiger partial charge < -0.3 is 0 Å². The van der Waals surface area contributed by atoms with E-state index in [9.17, 15) is 0 Å². The van der Waals surface area contributed by atoms with Crippen molar-refractivity contribution in [1.82, 2.24) is 19.6 Å². The van der Waals surface area contributed by atoms with Crippen LogP contribution in [0.5, 0.6) is 0 Å². The third kappa shape index (κ3) is 2.37. The quantitative estimate of drug-likeness (QED) is 0.503. The maximum Gasteiger partial charge on any atom is 0.167 e. The molecule has 1 aromatic carbocycles. The first-order chi connectivity index (χ1) is 12.2. The number of rotatable bonds is 3. The molecule has 4 aromatic rings. The Morgan fingerprint density at radius 1 is 1.24 bits per heavy atom. The van der Waals surface area contributed by atoms with Crippen LogP contribution < -0.4 is 0 Å². The van der Waals surface area contributed by atoms with E-state index in [-0.39, 0.29) is 0 Å². The van der Waals surface area contributed by atoms with Crippen molar-refractivity contribution in [1.29, 1.82) is 0 Å². The van der Waals surface area contributed by atoms with Crippen LogP contribution in [0.15, 0.2) is 30.6 Å². The fraction of sp³-hybridized carbons (Fsp3) is 0.316. The van der Waals surface area contributed by atoms with Crippen molar-refractivity contribution >= 4 is 38.8 Å². The summed E-state index contributed by atoms with van der Waals surface area (Å²) in [6.07, 6.45) is 3.88. The van der Waals surface area contributed by atoms with Gasteiger partial charge in [-0.25, -0.2) is 14.5 Å². The maximum absolute atomic E-state index is 6.00. The molecule has 0 spiro atoms. The zero-order chi connectivity index (χ0) is 17.1. The highest BCUT2D eigenvalue weighted by Gasteiger charge is 2.42. The summed E-state index contributed by atoms with van der Waals surface area (Å²) in [4.78, 5) is 11.9. The first kappa shape index (κ1) is 15.3. The molecule has 25 heavy (non-hydrogen) atoms. The van der Waals surface area contributed by atoms with Crippen molar-refractivity contribution in [2.75, 3.05) is 0 Å². The fourth-order valence-electron chi connectivity index (χ4n) is 3.72. The molecule has 2 atom stereocenters. The third-order valence-corrected chi connectivity index (χ3v) is 6.43. The average Bonchev–Trinajstić information content (AvgIpc) is 3.17. The van der Waals surface area contributed by atoms with E-state index in [1.54, 1.807) is 17.7 Å². The van der Waals surface area contributed by atoms with Gasteiger partial charge >= 0.3 is 0 Å². The number of hydrogen-bond donors (Lipinski definition) is 0. The molecule has 126 valence electrons. The molecule has 3 heterocycles. The molecule has 5 rings (SSSR count). The predicted molar refractivity (Wildman–Crippen MR) is 102 cm³/mol. The second kappa shape index (κ2) is 5.51. The number of aryl methyl sites for hydroxylation is 2. The molecule has 0 amide bonds. The molecule has 1 fully saturated rings. The van der Waals surface area contributed by atoms with Crippen molar-refractivity contribution < 1.29 is 0 Å². The van der Waals surface area contributed by atoms with E-state index in [1.807, 2.05) is 16.6 Å². The summed E-state index contributed by atoms with van der Waals surface area (Å²) >= 11 is 7.74. The maximum atomic E-state index is 6.00. The zero-order valence-corrected chi connectivity index (χ0v) is 15.6. The standard InChI is InChI=1S/C19H17ClN4S/c1-3-13-10(2)25-19-16(13)18-22-17(23-24(18)9-21-19)15-8-14(15)11-4-6-12(20)7-5-11/h4-7,9,14-15H,3,8H2,1-2H3/t14-,15-/m0/s1. The van der Waals surface area contributed by atoms with E-state index in [0.29, 0.717) is 11.8 Å². The molecule has 0 unspecified atom stereocenters. The summed E-state index contributed by atoms with van der Waals surface area (Å²) in [5.74, 6) is 1.81. The third-order valence-electron chi connectivity index (χ3n) is 5.12. The summed E-state index contributed by atoms with van der Waals surface area (Å²) in [6.45, 7) is 4.35. The first-order valence-electron chi connectivity index (χ1n) is 8.54. The Bertz CT molecular complexity index is 1100. The Labute approximate surface area is 154 Å². The van der Waals surface area contributed by atoms with Gasteiger partial charge in [0.2, 0.25) is 0 Å². The van der Waals surface area contributed by atoms with E-state index < -0.39 is 0 Å². The lowest BCUT2D eigenvalue weighted by molar-refractivity contribution is 0.850. The fourth-order valence-corrected chi connectivity index (χ4v) is 4.93. The summed E-state index contributed by atoms with van der Waals surface area (Å²) in [7, 11) is 0. The summed E-state index contributed by atoms with van der Waals surface area (Å²) < 4.78 is 1.85. The largest absolute Gasteiger partial charge is 0.225 e. The minimum atomic E-state index is 0.390. The second-order valence-corrected chi connectivity index (χ2v) is 8.29. The van der Waals surface area contributed by atoms with Crippen LogP contribution in [0.2, 0.25) is 5.02 Å². The van der Waals surface area contributed by atoms with Crippen LogP contribution in [0.3, 0.4) is 0 Å². The summed E-state index contributed by atoms with van der Waals surface area (Å²) in [5.41, 5.74) is 3.61. The van der Waals surface area contributed by atoms with Gasteiger partial charge in [-0.2, -0.15) is 0 Å². The van der Waals surface area contributed by atoms with Gasteiger partial charge in [0.05, 0.1) is 5.39 Å². The second-order valence-electron chi connectivity index (χ2n) is 6.65. The number of fused-ring (bicyclic) bond motifs is 3. The number of halogens is 1. The molecule has 4 nitrogen and oxygen atoms in total. The SMILES string of the molecule is CCc1c(C)sc2ncn3nc([C@H]4C[C@H]4c4ccc(Cl)cc4)nc3c12. The zero-order valence-electron chi connectivity index (χ0n) is 14.0. The number of nitrogens with zero attached hydrogens (tertiary/aromatic N) is 4. The summed E-state index contributed by atoms with van der Waals surface area (Å²) in [6, 6.07) is 8.14. The van der Waals surface area contributed by atoms with Crippen molar-refractivity contribution in [2.45, 2.75) is 38.5 Å². The monoisotopic (exact) mass is 368 g/mol. The topological polar surface area (TPSA) is 43.1 Å². The molecule has 0 saturated heterocycles. The van der Waals surface area contributed by atoms with Gasteiger partial charge in [0, 0.05) is 15.8 Å². The van der Waals surface area contributed by atoms with E-state index >= 15 is 0 Å². The van der Waals surface area contributed by atoms with Crippen LogP contribution in [0.4, 0.5) is 0 Å². The molecule has 6 heteroatoms. The van der Waals surface area contributed by atoms with Crippen LogP contribution >= 0.6 is 22.9 Å². The van der Waals surface area contributed by atoms with Gasteiger partial charge in [-0.3, -0.25) is 0 Å². The first-order valence-corrected chi connectivity index (χ1v) is 9.74. The highest BCUT2D eigenvalue weighted by Crippen LogP contribution is 2.53. The summed E-state index contributed by atoms with van der Waals surface area (Å²) in [5, 5.41) is 6.68. The van der Waals surface area contributed by atoms with Crippen LogP contribution in [0.1, 0.15) is 47.0 Å². The average molecular weight is 369 g/mol. The van der Waals surface area contributed by atoms with E-state index in [4.69, 9.17) is 21.7 Å². The predicted octanol–water partition coefficient (Wildman–Crippen LogP) is 5.13. The highest BCUT2D eigenvalue weighted by atomic mass is 35.5. The van der Waals surface area contributed by atoms with Gasteiger partial charge in [0.25, 0.3) is 0 Å². The van der Waals surface area contributed by atoms with Gasteiger partial charge in [0.15, 0.2) is 11.5 Å². The van der Waals surface area contributed by atoms with Gasteiger partial charge in [-0.15, -0.1) is 16.4 Å². The number of aromatic nitrogens is 4. The van der Waals surface area contributed by atoms with Crippen LogP contribution in [0, 0.1) is 6.92 Å². The Hall–Kier alpha value is -1.98. The van der Waals surface area contributed by atoms with Gasteiger partial charge in [-0.1, -0.05) is 30.7 Å². The number of thiophene rings is 1. The van der Waals surface area contributed by atoms with E-state index in [0.717, 1.165) is 34.2 Å². The van der Waals surface area contributed by atoms with Gasteiger partial charge in [0.1, 0.15) is 11.2 Å². The lowest BCUT2D eigenvalue weighted by Gasteiger charge is -1.98. The molecule has 1 aliphatic carbocycles. The lowest BCUT2D eigenvalue weighted by Crippen LogP contribution is -1.91. The Morgan fingerprint density at radius 3 is 2.80 bits per heavy atom. The van der Waals surface area contributed by atoms with E-state index in [1.165, 1.54) is 21.4 Å². The molecule has 0 bridgehead atoms. The number of hydrogen-bond acceptors (Lipinski definition) is 4. The Kier molecular flexibility index (Phi) is 3.37. The highest BCUT2D eigenvalue weighted by molar-refractivity contribution is 7.18. The molecule has 1 saturated carbocycles. The Balaban J connectivity index is 1.57. The molecule has 0 N–H and O–H groups in total. The van der Waals surface area contributed by atoms with Crippen molar-refractivity contribution in [3.8, 4) is 0 Å². The molecular formula is C19H17ClN4S. The van der Waals surface area contributed by atoms with Crippen LogP contribution in [0.25, 0.3) is 15.9 Å². The van der Waals surface area contributed by atoms with Crippen molar-refractivity contribution in [2.24, 2.45) is 0 Å². The smallest absolute Gasteiger partial charge is 0.167 e. The molecule has 1 aliphatic rings. The number of benzene rings is 1. The Morgan fingerprint density at radius 2 is 2.04 bits per heavy atom. The van der Waals surface area contributed by atoms with E-state index in [2.05, 4.69) is 31.0 Å². The molecule has 0 aliphatic heterocycles. The molecule has 0 radical (unpaired) electrons. The van der Waals surface area contributed by atoms with Crippen LogP contribution in [-0.4, -0.2) is 19.6 Å². The normalized spacial score (nSPS) is 19.8. The minimum Gasteiger partial charge on any atom is -0.225 e. The van der Waals surface area contributed by atoms with Gasteiger partial charge in [-0.05, 0) is 48.9 Å². The van der Waals surface area contributed by atoms with Crippen LogP contribution in [-0.2, 0) is 6.42 Å².